The van der Waals surface area contributed by atoms with Crippen molar-refractivity contribution in [2.75, 3.05) is 23.4 Å². The zero-order valence-corrected chi connectivity index (χ0v) is 15.1. The predicted molar refractivity (Wildman–Crippen MR) is 97.5 cm³/mol. The minimum absolute atomic E-state index is 0.0243. The van der Waals surface area contributed by atoms with Crippen LogP contribution in [0.4, 0.5) is 11.5 Å². The van der Waals surface area contributed by atoms with Crippen LogP contribution in [0.15, 0.2) is 36.4 Å². The highest BCUT2D eigenvalue weighted by Crippen LogP contribution is 2.19. The molecule has 2 N–H and O–H groups in total. The molecule has 1 unspecified atom stereocenters. The van der Waals surface area contributed by atoms with Crippen molar-refractivity contribution in [1.29, 1.82) is 0 Å². The molecule has 26 heavy (non-hydrogen) atoms. The van der Waals surface area contributed by atoms with E-state index < -0.39 is 15.7 Å². The standard InChI is InChI=1S/C17H20N4O4S/c1-2-25-14-5-3-12(4-6-14)18-16-8-7-15(20-21-16)17(22)19-13-9-10-26(23,24)11-13/h3-8,13H,2,9-11H2,1H3,(H,18,21)(H,19,22). The number of benzene rings is 1. The molecule has 2 heterocycles. The Bertz CT molecular complexity index is 867. The second-order valence-corrected chi connectivity index (χ2v) is 8.19. The Morgan fingerprint density at radius 1 is 1.19 bits per heavy atom. The van der Waals surface area contributed by atoms with Gasteiger partial charge in [-0.2, -0.15) is 0 Å². The maximum atomic E-state index is 12.1. The largest absolute Gasteiger partial charge is 0.494 e. The molecule has 8 nitrogen and oxygen atoms in total. The average Bonchev–Trinajstić information content (AvgIpc) is 2.96. The van der Waals surface area contributed by atoms with E-state index in [2.05, 4.69) is 20.8 Å². The molecule has 0 bridgehead atoms. The van der Waals surface area contributed by atoms with Crippen molar-refractivity contribution in [3.63, 3.8) is 0 Å². The molecule has 1 amide bonds. The van der Waals surface area contributed by atoms with Crippen LogP contribution in [0.3, 0.4) is 0 Å². The molecular weight excluding hydrogens is 356 g/mol. The summed E-state index contributed by atoms with van der Waals surface area (Å²) in [5, 5.41) is 13.7. The first-order chi connectivity index (χ1) is 12.4. The van der Waals surface area contributed by atoms with E-state index in [0.29, 0.717) is 18.8 Å². The number of carbonyl (C=O) groups is 1. The summed E-state index contributed by atoms with van der Waals surface area (Å²) in [6.45, 7) is 2.53. The first-order valence-electron chi connectivity index (χ1n) is 8.30. The summed E-state index contributed by atoms with van der Waals surface area (Å²) in [6.07, 6.45) is 0.429. The first-order valence-corrected chi connectivity index (χ1v) is 10.1. The van der Waals surface area contributed by atoms with Crippen molar-refractivity contribution in [3.8, 4) is 5.75 Å². The van der Waals surface area contributed by atoms with Crippen LogP contribution in [0, 0.1) is 0 Å². The normalized spacial score (nSPS) is 18.3. The lowest BCUT2D eigenvalue weighted by Crippen LogP contribution is -2.36. The highest BCUT2D eigenvalue weighted by Gasteiger charge is 2.29. The fourth-order valence-electron chi connectivity index (χ4n) is 2.64. The summed E-state index contributed by atoms with van der Waals surface area (Å²) in [6, 6.07) is 10.2. The lowest BCUT2D eigenvalue weighted by molar-refractivity contribution is 0.0935. The topological polar surface area (TPSA) is 110 Å². The zero-order chi connectivity index (χ0) is 18.6. The fourth-order valence-corrected chi connectivity index (χ4v) is 4.31. The third-order valence-electron chi connectivity index (χ3n) is 3.90. The van der Waals surface area contributed by atoms with Crippen LogP contribution in [0.1, 0.15) is 23.8 Å². The second kappa shape index (κ2) is 7.69. The molecule has 1 aliphatic heterocycles. The van der Waals surface area contributed by atoms with Crippen molar-refractivity contribution in [1.82, 2.24) is 15.5 Å². The maximum Gasteiger partial charge on any atom is 0.272 e. The minimum atomic E-state index is -3.04. The Hall–Kier alpha value is -2.68. The molecule has 0 spiro atoms. The molecule has 0 saturated carbocycles. The van der Waals surface area contributed by atoms with Crippen molar-refractivity contribution in [2.24, 2.45) is 0 Å². The number of anilines is 2. The highest BCUT2D eigenvalue weighted by molar-refractivity contribution is 7.91. The van der Waals surface area contributed by atoms with Gasteiger partial charge in [0.05, 0.1) is 18.1 Å². The summed E-state index contributed by atoms with van der Waals surface area (Å²) in [5.74, 6) is 0.935. The Kier molecular flexibility index (Phi) is 5.36. The van der Waals surface area contributed by atoms with E-state index in [9.17, 15) is 13.2 Å². The number of carbonyl (C=O) groups excluding carboxylic acids is 1. The van der Waals surface area contributed by atoms with E-state index in [0.717, 1.165) is 11.4 Å². The molecule has 1 aromatic heterocycles. The minimum Gasteiger partial charge on any atom is -0.494 e. The molecule has 1 aliphatic rings. The number of aromatic nitrogens is 2. The third-order valence-corrected chi connectivity index (χ3v) is 5.67. The van der Waals surface area contributed by atoms with Gasteiger partial charge in [0.25, 0.3) is 5.91 Å². The fraction of sp³-hybridized carbons (Fsp3) is 0.353. The summed E-state index contributed by atoms with van der Waals surface area (Å²) in [4.78, 5) is 12.1. The summed E-state index contributed by atoms with van der Waals surface area (Å²) in [7, 11) is -3.04. The smallest absolute Gasteiger partial charge is 0.272 e. The van der Waals surface area contributed by atoms with Gasteiger partial charge in [0, 0.05) is 11.7 Å². The van der Waals surface area contributed by atoms with Crippen LogP contribution < -0.4 is 15.4 Å². The van der Waals surface area contributed by atoms with Gasteiger partial charge < -0.3 is 15.4 Å². The highest BCUT2D eigenvalue weighted by atomic mass is 32.2. The van der Waals surface area contributed by atoms with Gasteiger partial charge in [0.2, 0.25) is 0 Å². The van der Waals surface area contributed by atoms with Gasteiger partial charge >= 0.3 is 0 Å². The van der Waals surface area contributed by atoms with E-state index in [1.807, 2.05) is 31.2 Å². The maximum absolute atomic E-state index is 12.1. The summed E-state index contributed by atoms with van der Waals surface area (Å²) >= 11 is 0. The molecule has 3 rings (SSSR count). The van der Waals surface area contributed by atoms with Gasteiger partial charge in [-0.25, -0.2) is 8.42 Å². The number of amides is 1. The Labute approximate surface area is 151 Å². The van der Waals surface area contributed by atoms with Gasteiger partial charge in [0.15, 0.2) is 21.3 Å². The number of ether oxygens (including phenoxy) is 1. The van der Waals surface area contributed by atoms with E-state index in [1.165, 1.54) is 0 Å². The summed E-state index contributed by atoms with van der Waals surface area (Å²) in [5.41, 5.74) is 0.961. The lowest BCUT2D eigenvalue weighted by Gasteiger charge is -2.10. The SMILES string of the molecule is CCOc1ccc(Nc2ccc(C(=O)NC3CCS(=O)(=O)C3)nn2)cc1. The third kappa shape index (κ3) is 4.69. The van der Waals surface area contributed by atoms with Crippen molar-refractivity contribution in [3.05, 3.63) is 42.1 Å². The van der Waals surface area contributed by atoms with Crippen molar-refractivity contribution < 1.29 is 17.9 Å². The van der Waals surface area contributed by atoms with Crippen LogP contribution in [-0.4, -0.2) is 48.7 Å². The number of nitrogens with zero attached hydrogens (tertiary/aromatic N) is 2. The van der Waals surface area contributed by atoms with Crippen LogP contribution in [0.25, 0.3) is 0 Å². The van der Waals surface area contributed by atoms with E-state index >= 15 is 0 Å². The Balaban J connectivity index is 1.58. The number of hydrogen-bond donors (Lipinski definition) is 2. The monoisotopic (exact) mass is 376 g/mol. The van der Waals surface area contributed by atoms with E-state index in [1.54, 1.807) is 12.1 Å². The number of rotatable bonds is 6. The zero-order valence-electron chi connectivity index (χ0n) is 14.3. The molecule has 0 aliphatic carbocycles. The lowest BCUT2D eigenvalue weighted by atomic mass is 10.2. The molecule has 9 heteroatoms. The van der Waals surface area contributed by atoms with Crippen LogP contribution >= 0.6 is 0 Å². The molecule has 1 fully saturated rings. The van der Waals surface area contributed by atoms with Gasteiger partial charge in [-0.05, 0) is 49.7 Å². The van der Waals surface area contributed by atoms with Crippen molar-refractivity contribution >= 4 is 27.2 Å². The van der Waals surface area contributed by atoms with Gasteiger partial charge in [-0.1, -0.05) is 0 Å². The predicted octanol–water partition coefficient (Wildman–Crippen LogP) is 1.54. The van der Waals surface area contributed by atoms with E-state index in [4.69, 9.17) is 4.74 Å². The first kappa shape index (κ1) is 18.1. The number of sulfone groups is 1. The van der Waals surface area contributed by atoms with Gasteiger partial charge in [-0.15, -0.1) is 10.2 Å². The molecule has 1 atom stereocenters. The molecule has 138 valence electrons. The summed E-state index contributed by atoms with van der Waals surface area (Å²) < 4.78 is 28.3. The van der Waals surface area contributed by atoms with Crippen LogP contribution in [0.2, 0.25) is 0 Å². The van der Waals surface area contributed by atoms with Crippen molar-refractivity contribution in [2.45, 2.75) is 19.4 Å². The average molecular weight is 376 g/mol. The molecule has 1 saturated heterocycles. The molecular formula is C17H20N4O4S. The number of nitrogens with one attached hydrogen (secondary N) is 2. The second-order valence-electron chi connectivity index (χ2n) is 5.96. The van der Waals surface area contributed by atoms with Gasteiger partial charge in [0.1, 0.15) is 5.75 Å². The Morgan fingerprint density at radius 3 is 2.54 bits per heavy atom. The van der Waals surface area contributed by atoms with Crippen LogP contribution in [-0.2, 0) is 9.84 Å². The van der Waals surface area contributed by atoms with E-state index in [-0.39, 0.29) is 23.2 Å². The van der Waals surface area contributed by atoms with Crippen LogP contribution in [0.5, 0.6) is 5.75 Å². The van der Waals surface area contributed by atoms with Gasteiger partial charge in [-0.3, -0.25) is 4.79 Å². The number of hydrogen-bond acceptors (Lipinski definition) is 7. The Morgan fingerprint density at radius 2 is 1.96 bits per heavy atom. The quantitative estimate of drug-likeness (QED) is 0.787. The molecule has 1 aromatic carbocycles. The molecule has 0 radical (unpaired) electrons. The molecule has 2 aromatic rings.